The second-order valence-electron chi connectivity index (χ2n) is 7.35. The monoisotopic (exact) mass is 392 g/mol. The van der Waals surface area contributed by atoms with E-state index < -0.39 is 23.3 Å². The molecule has 0 aliphatic carbocycles. The SMILES string of the molecule is CC1(Oc2cc(C(=O)Oc3ccccc3)ccc2C(F)(F)F)CC2CCC1O2. The molecule has 0 amide bonds. The Labute approximate surface area is 160 Å². The van der Waals surface area contributed by atoms with Gasteiger partial charge >= 0.3 is 12.1 Å². The maximum absolute atomic E-state index is 13.5. The van der Waals surface area contributed by atoms with E-state index in [0.717, 1.165) is 31.0 Å². The first-order valence-corrected chi connectivity index (χ1v) is 9.07. The minimum Gasteiger partial charge on any atom is -0.484 e. The van der Waals surface area contributed by atoms with Crippen LogP contribution in [0.25, 0.3) is 0 Å². The van der Waals surface area contributed by atoms with Crippen molar-refractivity contribution in [3.63, 3.8) is 0 Å². The fourth-order valence-corrected chi connectivity index (χ4v) is 3.87. The van der Waals surface area contributed by atoms with E-state index in [0.29, 0.717) is 12.2 Å². The van der Waals surface area contributed by atoms with Crippen molar-refractivity contribution in [2.75, 3.05) is 0 Å². The summed E-state index contributed by atoms with van der Waals surface area (Å²) < 4.78 is 57.3. The Morgan fingerprint density at radius 3 is 2.50 bits per heavy atom. The van der Waals surface area contributed by atoms with Crippen molar-refractivity contribution in [3.05, 3.63) is 59.7 Å². The third-order valence-electron chi connectivity index (χ3n) is 5.24. The highest BCUT2D eigenvalue weighted by Crippen LogP contribution is 2.46. The van der Waals surface area contributed by atoms with Crippen LogP contribution in [0.1, 0.15) is 42.1 Å². The first kappa shape index (κ1) is 18.8. The third kappa shape index (κ3) is 3.58. The summed E-state index contributed by atoms with van der Waals surface area (Å²) in [7, 11) is 0. The summed E-state index contributed by atoms with van der Waals surface area (Å²) >= 11 is 0. The number of para-hydroxylation sites is 1. The van der Waals surface area contributed by atoms with E-state index in [1.165, 1.54) is 0 Å². The van der Waals surface area contributed by atoms with Crippen LogP contribution >= 0.6 is 0 Å². The van der Waals surface area contributed by atoms with Gasteiger partial charge in [-0.3, -0.25) is 0 Å². The van der Waals surface area contributed by atoms with E-state index in [9.17, 15) is 18.0 Å². The van der Waals surface area contributed by atoms with E-state index in [4.69, 9.17) is 14.2 Å². The van der Waals surface area contributed by atoms with Crippen LogP contribution in [-0.2, 0) is 10.9 Å². The number of carbonyl (C=O) groups excluding carboxylic acids is 1. The molecule has 2 saturated heterocycles. The summed E-state index contributed by atoms with van der Waals surface area (Å²) in [6.45, 7) is 1.76. The molecule has 0 saturated carbocycles. The molecule has 0 N–H and O–H groups in total. The summed E-state index contributed by atoms with van der Waals surface area (Å²) in [5.74, 6) is -0.823. The Bertz CT molecular complexity index is 881. The number of ether oxygens (including phenoxy) is 3. The minimum atomic E-state index is -4.61. The zero-order valence-electron chi connectivity index (χ0n) is 15.2. The molecule has 0 radical (unpaired) electrons. The molecule has 4 nitrogen and oxygen atoms in total. The van der Waals surface area contributed by atoms with Crippen LogP contribution in [-0.4, -0.2) is 23.8 Å². The highest BCUT2D eigenvalue weighted by molar-refractivity contribution is 5.91. The fourth-order valence-electron chi connectivity index (χ4n) is 3.87. The van der Waals surface area contributed by atoms with Crippen LogP contribution in [0, 0.1) is 0 Å². The van der Waals surface area contributed by atoms with Gasteiger partial charge in [-0.05, 0) is 50.1 Å². The third-order valence-corrected chi connectivity index (χ3v) is 5.24. The van der Waals surface area contributed by atoms with Gasteiger partial charge in [0, 0.05) is 6.42 Å². The molecular weight excluding hydrogens is 373 g/mol. The fraction of sp³-hybridized carbons (Fsp3) is 0.381. The van der Waals surface area contributed by atoms with E-state index in [-0.39, 0.29) is 23.5 Å². The van der Waals surface area contributed by atoms with Gasteiger partial charge in [0.1, 0.15) is 17.1 Å². The number of rotatable bonds is 4. The number of hydrogen-bond acceptors (Lipinski definition) is 4. The number of fused-ring (bicyclic) bond motifs is 2. The van der Waals surface area contributed by atoms with Crippen molar-refractivity contribution in [2.24, 2.45) is 0 Å². The molecule has 2 aromatic carbocycles. The molecule has 148 valence electrons. The number of alkyl halides is 3. The van der Waals surface area contributed by atoms with E-state index in [2.05, 4.69) is 0 Å². The Balaban J connectivity index is 1.63. The van der Waals surface area contributed by atoms with Crippen molar-refractivity contribution in [1.82, 2.24) is 0 Å². The molecule has 3 unspecified atom stereocenters. The second kappa shape index (κ2) is 6.81. The molecule has 2 aliphatic rings. The maximum Gasteiger partial charge on any atom is 0.419 e. The molecule has 2 bridgehead atoms. The van der Waals surface area contributed by atoms with Crippen LogP contribution in [0.5, 0.6) is 11.5 Å². The normalized spacial score (nSPS) is 26.3. The average Bonchev–Trinajstić information content (AvgIpc) is 3.22. The maximum atomic E-state index is 13.5. The van der Waals surface area contributed by atoms with Gasteiger partial charge in [-0.15, -0.1) is 0 Å². The molecule has 4 rings (SSSR count). The highest BCUT2D eigenvalue weighted by Gasteiger charge is 2.52. The molecule has 0 spiro atoms. The van der Waals surface area contributed by atoms with Gasteiger partial charge in [0.15, 0.2) is 0 Å². The van der Waals surface area contributed by atoms with Crippen LogP contribution in [0.3, 0.4) is 0 Å². The number of benzene rings is 2. The number of esters is 1. The van der Waals surface area contributed by atoms with Gasteiger partial charge in [0.05, 0.1) is 23.3 Å². The number of halogens is 3. The van der Waals surface area contributed by atoms with E-state index >= 15 is 0 Å². The van der Waals surface area contributed by atoms with Crippen LogP contribution < -0.4 is 9.47 Å². The lowest BCUT2D eigenvalue weighted by Gasteiger charge is -2.33. The van der Waals surface area contributed by atoms with Crippen molar-refractivity contribution >= 4 is 5.97 Å². The van der Waals surface area contributed by atoms with Gasteiger partial charge in [-0.2, -0.15) is 13.2 Å². The lowest BCUT2D eigenvalue weighted by Crippen LogP contribution is -2.42. The lowest BCUT2D eigenvalue weighted by molar-refractivity contribution is -0.140. The van der Waals surface area contributed by atoms with Gasteiger partial charge in [0.25, 0.3) is 0 Å². The van der Waals surface area contributed by atoms with Gasteiger partial charge in [-0.1, -0.05) is 18.2 Å². The zero-order chi connectivity index (χ0) is 19.9. The first-order chi connectivity index (χ1) is 13.2. The van der Waals surface area contributed by atoms with Gasteiger partial charge in [0.2, 0.25) is 0 Å². The topological polar surface area (TPSA) is 44.8 Å². The second-order valence-corrected chi connectivity index (χ2v) is 7.35. The molecule has 2 aliphatic heterocycles. The molecule has 2 fully saturated rings. The highest BCUT2D eigenvalue weighted by atomic mass is 19.4. The van der Waals surface area contributed by atoms with E-state index in [1.54, 1.807) is 37.3 Å². The summed E-state index contributed by atoms with van der Waals surface area (Å²) in [6.07, 6.45) is -2.69. The molecule has 2 aromatic rings. The Hall–Kier alpha value is -2.54. The molecule has 2 heterocycles. The van der Waals surface area contributed by atoms with Gasteiger partial charge in [-0.25, -0.2) is 4.79 Å². The summed E-state index contributed by atoms with van der Waals surface area (Å²) in [6, 6.07) is 11.4. The number of carbonyl (C=O) groups is 1. The molecule has 0 aromatic heterocycles. The Morgan fingerprint density at radius 1 is 1.14 bits per heavy atom. The lowest BCUT2D eigenvalue weighted by atomic mass is 9.86. The largest absolute Gasteiger partial charge is 0.484 e. The van der Waals surface area contributed by atoms with Gasteiger partial charge < -0.3 is 14.2 Å². The summed E-state index contributed by atoms with van der Waals surface area (Å²) in [5, 5.41) is 0. The van der Waals surface area contributed by atoms with Crippen LogP contribution in [0.4, 0.5) is 13.2 Å². The summed E-state index contributed by atoms with van der Waals surface area (Å²) in [4.78, 5) is 12.4. The zero-order valence-corrected chi connectivity index (χ0v) is 15.2. The van der Waals surface area contributed by atoms with Crippen molar-refractivity contribution in [3.8, 4) is 11.5 Å². The van der Waals surface area contributed by atoms with Crippen LogP contribution in [0.15, 0.2) is 48.5 Å². The van der Waals surface area contributed by atoms with Crippen molar-refractivity contribution < 1.29 is 32.2 Å². The first-order valence-electron chi connectivity index (χ1n) is 9.07. The van der Waals surface area contributed by atoms with Crippen LogP contribution in [0.2, 0.25) is 0 Å². The van der Waals surface area contributed by atoms with E-state index in [1.807, 2.05) is 0 Å². The predicted molar refractivity (Wildman–Crippen MR) is 94.4 cm³/mol. The minimum absolute atomic E-state index is 0.00978. The number of hydrogen-bond donors (Lipinski definition) is 0. The predicted octanol–water partition coefficient (Wildman–Crippen LogP) is 5.01. The molecule has 28 heavy (non-hydrogen) atoms. The molecule has 3 atom stereocenters. The standard InChI is InChI=1S/C21H19F3O4/c1-20(12-15-8-10-18(20)26-15)28-17-11-13(7-9-16(17)21(22,23)24)19(25)27-14-5-3-2-4-6-14/h2-7,9,11,15,18H,8,10,12H2,1H3. The van der Waals surface area contributed by atoms with Crippen molar-refractivity contribution in [1.29, 1.82) is 0 Å². The van der Waals surface area contributed by atoms with Crippen molar-refractivity contribution in [2.45, 2.75) is 50.2 Å². The molecular formula is C21H19F3O4. The quantitative estimate of drug-likeness (QED) is 0.542. The summed E-state index contributed by atoms with van der Waals surface area (Å²) in [5.41, 5.74) is -1.79. The Morgan fingerprint density at radius 2 is 1.89 bits per heavy atom. The average molecular weight is 392 g/mol. The molecule has 7 heteroatoms. The smallest absolute Gasteiger partial charge is 0.419 e. The Kier molecular flexibility index (Phi) is 4.57.